The van der Waals surface area contributed by atoms with Gasteiger partial charge >= 0.3 is 0 Å². The molecule has 1 heterocycles. The SMILES string of the molecule is CC(C)c1ccc(Sc2nc(Cl)c(C=O)s2)cc1. The lowest BCUT2D eigenvalue weighted by Crippen LogP contribution is -1.85. The van der Waals surface area contributed by atoms with Gasteiger partial charge < -0.3 is 0 Å². The predicted octanol–water partition coefficient (Wildman–Crippen LogP) is 4.88. The van der Waals surface area contributed by atoms with Crippen LogP contribution in [-0.4, -0.2) is 11.3 Å². The lowest BCUT2D eigenvalue weighted by atomic mass is 10.0. The molecule has 2 rings (SSSR count). The number of carbonyl (C=O) groups excluding carboxylic acids is 1. The summed E-state index contributed by atoms with van der Waals surface area (Å²) in [4.78, 5) is 16.4. The molecule has 0 fully saturated rings. The number of halogens is 1. The van der Waals surface area contributed by atoms with Gasteiger partial charge in [-0.25, -0.2) is 4.98 Å². The van der Waals surface area contributed by atoms with E-state index in [1.807, 2.05) is 0 Å². The van der Waals surface area contributed by atoms with Crippen molar-refractivity contribution in [1.29, 1.82) is 0 Å². The van der Waals surface area contributed by atoms with Crippen molar-refractivity contribution in [2.24, 2.45) is 0 Å². The Morgan fingerprint density at radius 1 is 1.33 bits per heavy atom. The summed E-state index contributed by atoms with van der Waals surface area (Å²) in [6.45, 7) is 4.33. The normalized spacial score (nSPS) is 10.9. The van der Waals surface area contributed by atoms with Crippen LogP contribution >= 0.6 is 34.7 Å². The fraction of sp³-hybridized carbons (Fsp3) is 0.231. The number of rotatable bonds is 4. The summed E-state index contributed by atoms with van der Waals surface area (Å²) in [5.74, 6) is 0.528. The van der Waals surface area contributed by atoms with Gasteiger partial charge in [-0.05, 0) is 23.6 Å². The fourth-order valence-corrected chi connectivity index (χ4v) is 3.62. The van der Waals surface area contributed by atoms with E-state index in [4.69, 9.17) is 11.6 Å². The molecule has 0 atom stereocenters. The van der Waals surface area contributed by atoms with Crippen molar-refractivity contribution in [2.45, 2.75) is 29.0 Å². The topological polar surface area (TPSA) is 30.0 Å². The van der Waals surface area contributed by atoms with Gasteiger partial charge in [0.15, 0.2) is 15.8 Å². The molecular formula is C13H12ClNOS2. The molecule has 0 aliphatic rings. The van der Waals surface area contributed by atoms with Crippen LogP contribution in [-0.2, 0) is 0 Å². The van der Waals surface area contributed by atoms with Crippen LogP contribution in [0.4, 0.5) is 0 Å². The molecule has 0 N–H and O–H groups in total. The summed E-state index contributed by atoms with van der Waals surface area (Å²) < 4.78 is 0.791. The zero-order valence-corrected chi connectivity index (χ0v) is 12.4. The van der Waals surface area contributed by atoms with E-state index in [2.05, 4.69) is 43.1 Å². The van der Waals surface area contributed by atoms with Crippen molar-refractivity contribution in [2.75, 3.05) is 0 Å². The van der Waals surface area contributed by atoms with Gasteiger partial charge in [0.25, 0.3) is 0 Å². The first-order chi connectivity index (χ1) is 8.60. The maximum Gasteiger partial charge on any atom is 0.163 e. The highest BCUT2D eigenvalue weighted by atomic mass is 35.5. The van der Waals surface area contributed by atoms with Crippen molar-refractivity contribution >= 4 is 41.0 Å². The van der Waals surface area contributed by atoms with Gasteiger partial charge in [0.1, 0.15) is 4.88 Å². The van der Waals surface area contributed by atoms with E-state index < -0.39 is 0 Å². The van der Waals surface area contributed by atoms with E-state index in [1.165, 1.54) is 28.7 Å². The Balaban J connectivity index is 2.15. The quantitative estimate of drug-likeness (QED) is 0.753. The smallest absolute Gasteiger partial charge is 0.163 e. The number of hydrogen-bond donors (Lipinski definition) is 0. The Morgan fingerprint density at radius 3 is 2.50 bits per heavy atom. The summed E-state index contributed by atoms with van der Waals surface area (Å²) in [6.07, 6.45) is 0.742. The largest absolute Gasteiger partial charge is 0.297 e. The van der Waals surface area contributed by atoms with Gasteiger partial charge in [0.2, 0.25) is 0 Å². The van der Waals surface area contributed by atoms with Crippen molar-refractivity contribution < 1.29 is 4.79 Å². The van der Waals surface area contributed by atoms with Gasteiger partial charge in [0.05, 0.1) is 0 Å². The van der Waals surface area contributed by atoms with E-state index in [0.29, 0.717) is 10.8 Å². The van der Waals surface area contributed by atoms with Crippen molar-refractivity contribution in [1.82, 2.24) is 4.98 Å². The standard InChI is InChI=1S/C13H12ClNOS2/c1-8(2)9-3-5-10(6-4-9)17-13-15-12(14)11(7-16)18-13/h3-8H,1-2H3. The molecule has 0 saturated carbocycles. The number of nitrogens with zero attached hydrogens (tertiary/aromatic N) is 1. The lowest BCUT2D eigenvalue weighted by molar-refractivity contribution is 0.112. The summed E-state index contributed by atoms with van der Waals surface area (Å²) in [7, 11) is 0. The average Bonchev–Trinajstić information content (AvgIpc) is 2.70. The number of thiazole rings is 1. The van der Waals surface area contributed by atoms with Crippen molar-refractivity contribution in [3.05, 3.63) is 39.9 Å². The van der Waals surface area contributed by atoms with Gasteiger partial charge in [-0.1, -0.05) is 49.3 Å². The Kier molecular flexibility index (Phi) is 4.43. The summed E-state index contributed by atoms with van der Waals surface area (Å²) in [5, 5.41) is 0.288. The molecule has 2 nitrogen and oxygen atoms in total. The van der Waals surface area contributed by atoms with Crippen molar-refractivity contribution in [3.8, 4) is 0 Å². The molecule has 1 aromatic carbocycles. The highest BCUT2D eigenvalue weighted by Crippen LogP contribution is 2.34. The number of benzene rings is 1. The van der Waals surface area contributed by atoms with E-state index >= 15 is 0 Å². The Labute approximate surface area is 119 Å². The fourth-order valence-electron chi connectivity index (χ4n) is 1.43. The minimum Gasteiger partial charge on any atom is -0.297 e. The maximum atomic E-state index is 10.7. The first-order valence-electron chi connectivity index (χ1n) is 5.49. The summed E-state index contributed by atoms with van der Waals surface area (Å²) >= 11 is 8.67. The number of hydrogen-bond acceptors (Lipinski definition) is 4. The third-order valence-corrected chi connectivity index (χ3v) is 4.90. The molecule has 1 aromatic heterocycles. The summed E-state index contributed by atoms with van der Waals surface area (Å²) in [5.41, 5.74) is 1.31. The zero-order valence-electron chi connectivity index (χ0n) is 10.0. The van der Waals surface area contributed by atoms with Gasteiger partial charge in [-0.3, -0.25) is 4.79 Å². The first kappa shape index (κ1) is 13.6. The average molecular weight is 298 g/mol. The molecule has 2 aromatic rings. The molecule has 0 amide bonds. The van der Waals surface area contributed by atoms with Gasteiger partial charge in [0, 0.05) is 4.90 Å². The number of aldehydes is 1. The lowest BCUT2D eigenvalue weighted by Gasteiger charge is -2.05. The van der Waals surface area contributed by atoms with Crippen LogP contribution in [0.3, 0.4) is 0 Å². The highest BCUT2D eigenvalue weighted by molar-refractivity contribution is 8.01. The Morgan fingerprint density at radius 2 is 2.00 bits per heavy atom. The van der Waals surface area contributed by atoms with E-state index in [9.17, 15) is 4.79 Å². The predicted molar refractivity (Wildman–Crippen MR) is 77.2 cm³/mol. The van der Waals surface area contributed by atoms with Crippen LogP contribution in [0.2, 0.25) is 5.15 Å². The van der Waals surface area contributed by atoms with Crippen LogP contribution < -0.4 is 0 Å². The van der Waals surface area contributed by atoms with Crippen LogP contribution in [0.5, 0.6) is 0 Å². The Hall–Kier alpha value is -0.840. The maximum absolute atomic E-state index is 10.7. The van der Waals surface area contributed by atoms with Crippen LogP contribution in [0.25, 0.3) is 0 Å². The molecule has 0 radical (unpaired) electrons. The third-order valence-electron chi connectivity index (χ3n) is 2.45. The van der Waals surface area contributed by atoms with Crippen LogP contribution in [0, 0.1) is 0 Å². The molecule has 0 unspecified atom stereocenters. The second-order valence-corrected chi connectivity index (χ2v) is 6.79. The Bertz CT molecular complexity index is 549. The molecule has 0 aliphatic heterocycles. The number of carbonyl (C=O) groups is 1. The molecule has 18 heavy (non-hydrogen) atoms. The monoisotopic (exact) mass is 297 g/mol. The van der Waals surface area contributed by atoms with Crippen LogP contribution in [0.1, 0.15) is 35.0 Å². The molecular weight excluding hydrogens is 286 g/mol. The van der Waals surface area contributed by atoms with Gasteiger partial charge in [-0.15, -0.1) is 11.3 Å². The van der Waals surface area contributed by atoms with E-state index in [1.54, 1.807) is 0 Å². The van der Waals surface area contributed by atoms with Gasteiger partial charge in [-0.2, -0.15) is 0 Å². The second-order valence-electron chi connectivity index (χ2n) is 4.08. The second kappa shape index (κ2) is 5.87. The molecule has 94 valence electrons. The van der Waals surface area contributed by atoms with E-state index in [0.717, 1.165) is 15.5 Å². The highest BCUT2D eigenvalue weighted by Gasteiger charge is 2.09. The minimum atomic E-state index is 0.288. The third kappa shape index (κ3) is 3.13. The molecule has 0 saturated heterocycles. The molecule has 0 aliphatic carbocycles. The molecule has 0 spiro atoms. The minimum absolute atomic E-state index is 0.288. The summed E-state index contributed by atoms with van der Waals surface area (Å²) in [6, 6.07) is 8.36. The molecule has 0 bridgehead atoms. The zero-order chi connectivity index (χ0) is 13.1. The van der Waals surface area contributed by atoms with Crippen molar-refractivity contribution in [3.63, 3.8) is 0 Å². The number of aromatic nitrogens is 1. The van der Waals surface area contributed by atoms with E-state index in [-0.39, 0.29) is 5.15 Å². The first-order valence-corrected chi connectivity index (χ1v) is 7.50. The molecule has 5 heteroatoms. The van der Waals surface area contributed by atoms with Crippen LogP contribution in [0.15, 0.2) is 33.5 Å².